The summed E-state index contributed by atoms with van der Waals surface area (Å²) in [4.78, 5) is 92.1. The molecule has 7 rings (SSSR count). The number of hydrogen-bond acceptors (Lipinski definition) is 16. The fraction of sp³-hybridized carbons (Fsp3) is 0.389. The molecule has 0 bridgehead atoms. The van der Waals surface area contributed by atoms with Gasteiger partial charge in [-0.1, -0.05) is 23.3 Å². The number of aldehydes is 1. The number of amides is 4. The summed E-state index contributed by atoms with van der Waals surface area (Å²) >= 11 is 1.42. The molecule has 82 heavy (non-hydrogen) atoms. The Morgan fingerprint density at radius 2 is 1.73 bits per heavy atom. The van der Waals surface area contributed by atoms with Gasteiger partial charge >= 0.3 is 13.1 Å². The molecule has 0 aliphatic carbocycles. The van der Waals surface area contributed by atoms with Crippen LogP contribution in [0.15, 0.2) is 83.4 Å². The van der Waals surface area contributed by atoms with E-state index in [1.807, 2.05) is 36.6 Å². The highest BCUT2D eigenvalue weighted by Crippen LogP contribution is 2.42. The number of quaternary nitrogens is 1. The Morgan fingerprint density at radius 1 is 1.01 bits per heavy atom. The number of imide groups is 1. The van der Waals surface area contributed by atoms with Gasteiger partial charge in [0.05, 0.1) is 56.4 Å². The Hall–Kier alpha value is -7.92. The number of aromatic nitrogens is 1. The standard InChI is InChI=1S/C54H63BF2N8O15S2/c1-35-28-40(61-44(35)31-45-38(10-7-24-65(4,5)6)30-47(49-11-9-27-81-49)62(45)55(61,56)57)16-13-37-14-17-41(18-15-37)77-25-8-12-50(67)59-43(34-82(74,75)76)53(70)58-21-22-60(3)23-26-78-48-32-46(64(72)73)42(29-39(48)33-66)36(2)79-54(71)80-63-51(68)19-20-52(63)69/h9,11,13-18,27-33,36,43H,7-8,10,12,19-26,34H2,1-6H3,(H2-,58,59,67,70,74,75,76)/p+1/b16-13+. The number of carbonyl (C=O) groups excluding carboxylic acids is 6. The normalized spacial score (nSPS) is 15.7. The summed E-state index contributed by atoms with van der Waals surface area (Å²) in [6.45, 7) is -0.151. The van der Waals surface area contributed by atoms with Crippen molar-refractivity contribution in [1.29, 1.82) is 0 Å². The van der Waals surface area contributed by atoms with E-state index in [0.717, 1.165) is 50.1 Å². The summed E-state index contributed by atoms with van der Waals surface area (Å²) < 4.78 is 87.0. The van der Waals surface area contributed by atoms with Gasteiger partial charge in [-0.25, -0.2) is 4.79 Å². The number of nitrogens with zero attached hydrogens (tertiary/aromatic N) is 6. The van der Waals surface area contributed by atoms with Crippen LogP contribution >= 0.6 is 11.3 Å². The molecule has 2 unspecified atom stereocenters. The number of benzene rings is 2. The van der Waals surface area contributed by atoms with E-state index in [1.54, 1.807) is 54.4 Å². The number of fused-ring (bicyclic) bond motifs is 2. The first-order valence-electron chi connectivity index (χ1n) is 26.2. The number of carbonyl (C=O) groups is 6. The van der Waals surface area contributed by atoms with Crippen LogP contribution in [0.3, 0.4) is 0 Å². The van der Waals surface area contributed by atoms with Gasteiger partial charge in [-0.05, 0) is 86.7 Å². The SMILES string of the molecule is CC1=CC(/C=C/c2ccc(OCCCC(=O)NC(CS(=O)(=O)O)C(=O)NCCN(C)CCOc3cc([N+](=O)[O-])c(C(C)OC(=O)ON4C(=O)CCC4=O)cc3C=O)cc2)=[N+]2C1=Cc1c(CCC[N+](C)(C)C)cc(-c3cccs3)n1[B-]2(F)F. The monoisotopic (exact) mass is 1180 g/mol. The van der Waals surface area contributed by atoms with E-state index in [0.29, 0.717) is 46.8 Å². The number of aryl methyl sites for hydroxylation is 1. The molecule has 2 aromatic carbocycles. The smallest absolute Gasteiger partial charge is 0.494 e. The van der Waals surface area contributed by atoms with Crippen LogP contribution in [-0.4, -0.2) is 169 Å². The number of halogens is 2. The van der Waals surface area contributed by atoms with Crippen LogP contribution in [0.25, 0.3) is 22.7 Å². The molecule has 5 heterocycles. The maximum Gasteiger partial charge on any atom is 0.737 e. The predicted octanol–water partition coefficient (Wildman–Crippen LogP) is 6.22. The van der Waals surface area contributed by atoms with Crippen LogP contribution in [-0.2, 0) is 45.3 Å². The summed E-state index contributed by atoms with van der Waals surface area (Å²) in [7, 11) is 3.23. The first-order chi connectivity index (χ1) is 38.7. The van der Waals surface area contributed by atoms with E-state index in [1.165, 1.54) is 22.7 Å². The van der Waals surface area contributed by atoms with Crippen LogP contribution in [0.5, 0.6) is 11.5 Å². The fourth-order valence-electron chi connectivity index (χ4n) is 9.37. The van der Waals surface area contributed by atoms with Crippen molar-refractivity contribution >= 4 is 88.0 Å². The maximum absolute atomic E-state index is 17.0. The lowest BCUT2D eigenvalue weighted by Gasteiger charge is -2.31. The van der Waals surface area contributed by atoms with Crippen molar-refractivity contribution in [2.24, 2.45) is 0 Å². The Labute approximate surface area is 475 Å². The van der Waals surface area contributed by atoms with Gasteiger partial charge < -0.3 is 51.8 Å². The summed E-state index contributed by atoms with van der Waals surface area (Å²) in [6.07, 6.45) is 5.70. The molecular weight excluding hydrogens is 1110 g/mol. The minimum Gasteiger partial charge on any atom is -0.494 e. The third-order valence-electron chi connectivity index (χ3n) is 13.5. The van der Waals surface area contributed by atoms with Crippen LogP contribution in [0.4, 0.5) is 19.1 Å². The minimum atomic E-state index is -4.73. The van der Waals surface area contributed by atoms with E-state index < -0.39 is 75.4 Å². The Bertz CT molecular complexity index is 3340. The molecular formula is C54H64BF2N8O15S2+. The highest BCUT2D eigenvalue weighted by molar-refractivity contribution is 7.85. The van der Waals surface area contributed by atoms with Gasteiger partial charge in [0.2, 0.25) is 11.8 Å². The number of nitro benzene ring substituents is 1. The van der Waals surface area contributed by atoms with E-state index in [9.17, 15) is 51.9 Å². The Morgan fingerprint density at radius 3 is 2.38 bits per heavy atom. The number of ether oxygens (including phenoxy) is 3. The van der Waals surface area contributed by atoms with Gasteiger partial charge in [0.1, 0.15) is 36.0 Å². The van der Waals surface area contributed by atoms with Crippen molar-refractivity contribution in [3.05, 3.63) is 121 Å². The first kappa shape index (κ1) is 61.7. The Balaban J connectivity index is 0.862. The van der Waals surface area contributed by atoms with Gasteiger partial charge in [-0.2, -0.15) is 8.42 Å². The lowest BCUT2D eigenvalue weighted by Crippen LogP contribution is -2.51. The van der Waals surface area contributed by atoms with E-state index in [4.69, 9.17) is 14.2 Å². The molecule has 23 nitrogen and oxygen atoms in total. The summed E-state index contributed by atoms with van der Waals surface area (Å²) in [5.41, 5.74) is 3.22. The summed E-state index contributed by atoms with van der Waals surface area (Å²) in [5, 5.41) is 19.0. The van der Waals surface area contributed by atoms with Crippen molar-refractivity contribution in [2.45, 2.75) is 64.5 Å². The summed E-state index contributed by atoms with van der Waals surface area (Å²) in [6, 6.07) is 12.9. The Kier molecular flexibility index (Phi) is 19.8. The molecule has 1 fully saturated rings. The van der Waals surface area contributed by atoms with Gasteiger partial charge in [0, 0.05) is 85.4 Å². The number of likely N-dealkylation sites (N-methyl/N-ethyl adjacent to an activating group) is 1. The third kappa shape index (κ3) is 15.7. The second-order valence-electron chi connectivity index (χ2n) is 20.8. The minimum absolute atomic E-state index is 0.0585. The molecule has 438 valence electrons. The number of thiophene rings is 1. The average Bonchev–Trinajstić information content (AvgIpc) is 2.36. The van der Waals surface area contributed by atoms with Crippen LogP contribution in [0.2, 0.25) is 0 Å². The second-order valence-corrected chi connectivity index (χ2v) is 23.3. The quantitative estimate of drug-likeness (QED) is 0.00655. The molecule has 2 aromatic heterocycles. The zero-order valence-corrected chi connectivity index (χ0v) is 47.6. The molecule has 3 aliphatic heterocycles. The van der Waals surface area contributed by atoms with E-state index in [-0.39, 0.29) is 80.5 Å². The molecule has 0 radical (unpaired) electrons. The average molecular weight is 1180 g/mol. The van der Waals surface area contributed by atoms with Gasteiger partial charge in [0.25, 0.3) is 27.6 Å². The number of nitro groups is 1. The van der Waals surface area contributed by atoms with Crippen molar-refractivity contribution in [3.8, 4) is 22.1 Å². The fourth-order valence-corrected chi connectivity index (χ4v) is 10.8. The third-order valence-corrected chi connectivity index (χ3v) is 15.1. The molecule has 2 atom stereocenters. The zero-order valence-electron chi connectivity index (χ0n) is 46.0. The van der Waals surface area contributed by atoms with Crippen molar-refractivity contribution in [3.63, 3.8) is 0 Å². The molecule has 1 saturated heterocycles. The number of hydrogen-bond donors (Lipinski definition) is 3. The number of allylic oxidation sites excluding steroid dienone is 3. The van der Waals surface area contributed by atoms with Crippen molar-refractivity contribution in [1.82, 2.24) is 25.1 Å². The van der Waals surface area contributed by atoms with Crippen molar-refractivity contribution < 1.29 is 83.3 Å². The van der Waals surface area contributed by atoms with Crippen LogP contribution in [0.1, 0.15) is 84.8 Å². The molecule has 0 saturated carbocycles. The largest absolute Gasteiger partial charge is 0.737 e. The van der Waals surface area contributed by atoms with Crippen LogP contribution in [0, 0.1) is 10.1 Å². The first-order valence-corrected chi connectivity index (χ1v) is 28.7. The molecule has 3 aliphatic rings. The molecule has 4 aromatic rings. The topological polar surface area (TPSA) is 275 Å². The second kappa shape index (κ2) is 26.3. The number of nitrogens with one attached hydrogen (secondary N) is 2. The van der Waals surface area contributed by atoms with E-state index in [2.05, 4.69) is 36.6 Å². The number of hydroxylamine groups is 2. The van der Waals surface area contributed by atoms with Gasteiger partial charge in [-0.15, -0.1) is 11.3 Å². The molecule has 4 amide bonds. The van der Waals surface area contributed by atoms with Crippen LogP contribution < -0.4 is 20.1 Å². The van der Waals surface area contributed by atoms with Gasteiger partial charge in [-0.3, -0.25) is 43.5 Å². The molecule has 3 N–H and O–H groups in total. The maximum atomic E-state index is 17.0. The predicted molar refractivity (Wildman–Crippen MR) is 299 cm³/mol. The molecule has 0 spiro atoms. The van der Waals surface area contributed by atoms with Crippen molar-refractivity contribution in [2.75, 3.05) is 73.3 Å². The molecule has 28 heteroatoms. The zero-order chi connectivity index (χ0) is 59.7. The van der Waals surface area contributed by atoms with Gasteiger partial charge in [0.15, 0.2) is 17.7 Å². The van der Waals surface area contributed by atoms with E-state index >= 15 is 8.63 Å². The highest BCUT2D eigenvalue weighted by Gasteiger charge is 2.54. The lowest BCUT2D eigenvalue weighted by atomic mass is 9.89. The number of rotatable bonds is 28. The summed E-state index contributed by atoms with van der Waals surface area (Å²) in [5.74, 6) is -3.96. The highest BCUT2D eigenvalue weighted by atomic mass is 32.2. The lowest BCUT2D eigenvalue weighted by molar-refractivity contribution is -0.870.